The van der Waals surface area contributed by atoms with Crippen molar-refractivity contribution in [2.75, 3.05) is 18.0 Å². The topological polar surface area (TPSA) is 23.5 Å². The molecule has 7 heteroatoms. The van der Waals surface area contributed by atoms with E-state index in [1.165, 1.54) is 0 Å². The van der Waals surface area contributed by atoms with Crippen molar-refractivity contribution in [3.63, 3.8) is 0 Å². The number of aliphatic hydroxyl groups excluding tert-OH is 1. The molecule has 1 aromatic carbocycles. The molecule has 1 saturated carbocycles. The van der Waals surface area contributed by atoms with Gasteiger partial charge in [-0.25, -0.2) is 22.0 Å². The van der Waals surface area contributed by atoms with Gasteiger partial charge in [0.05, 0.1) is 6.10 Å². The van der Waals surface area contributed by atoms with Crippen molar-refractivity contribution in [3.05, 3.63) is 29.1 Å². The fraction of sp³-hybridized carbons (Fsp3) is 0.538. The third-order valence-electron chi connectivity index (χ3n) is 4.32. The molecule has 110 valence electrons. The summed E-state index contributed by atoms with van der Waals surface area (Å²) in [7, 11) is 0. The van der Waals surface area contributed by atoms with Crippen LogP contribution in [0.5, 0.6) is 0 Å². The van der Waals surface area contributed by atoms with Crippen LogP contribution in [0.3, 0.4) is 0 Å². The second kappa shape index (κ2) is 4.58. The lowest BCUT2D eigenvalue weighted by atomic mass is 10.00. The van der Waals surface area contributed by atoms with E-state index in [0.717, 1.165) is 4.90 Å². The molecule has 2 nitrogen and oxygen atoms in total. The highest BCUT2D eigenvalue weighted by molar-refractivity contribution is 5.51. The Hall–Kier alpha value is -1.37. The summed E-state index contributed by atoms with van der Waals surface area (Å²) >= 11 is 0. The zero-order valence-electron chi connectivity index (χ0n) is 10.3. The molecule has 0 radical (unpaired) electrons. The maximum absolute atomic E-state index is 13.7. The largest absolute Gasteiger partial charge is 0.393 e. The number of hydrogen-bond acceptors (Lipinski definition) is 2. The third kappa shape index (κ3) is 1.79. The second-order valence-corrected chi connectivity index (χ2v) is 5.39. The normalized spacial score (nSPS) is 29.1. The fourth-order valence-electron chi connectivity index (χ4n) is 3.29. The van der Waals surface area contributed by atoms with Crippen LogP contribution in [0.4, 0.5) is 27.6 Å². The molecule has 1 heterocycles. The predicted octanol–water partition coefficient (Wildman–Crippen LogP) is 2.59. The van der Waals surface area contributed by atoms with Crippen molar-refractivity contribution in [2.24, 2.45) is 11.8 Å². The van der Waals surface area contributed by atoms with Gasteiger partial charge in [0, 0.05) is 19.0 Å². The second-order valence-electron chi connectivity index (χ2n) is 5.39. The Balaban J connectivity index is 2.00. The number of hydrogen-bond donors (Lipinski definition) is 1. The Kier molecular flexibility index (Phi) is 3.12. The lowest BCUT2D eigenvalue weighted by Crippen LogP contribution is -2.27. The summed E-state index contributed by atoms with van der Waals surface area (Å²) in [6, 6.07) is 0. The van der Waals surface area contributed by atoms with Crippen LogP contribution in [0, 0.1) is 40.9 Å². The molecule has 2 aliphatic rings. The van der Waals surface area contributed by atoms with Crippen molar-refractivity contribution in [1.82, 2.24) is 0 Å². The fourth-order valence-corrected chi connectivity index (χ4v) is 3.29. The Morgan fingerprint density at radius 3 is 1.90 bits per heavy atom. The molecule has 0 aromatic heterocycles. The van der Waals surface area contributed by atoms with Gasteiger partial charge in [-0.15, -0.1) is 0 Å². The highest BCUT2D eigenvalue weighted by Crippen LogP contribution is 2.42. The summed E-state index contributed by atoms with van der Waals surface area (Å²) in [5, 5.41) is 9.73. The van der Waals surface area contributed by atoms with Gasteiger partial charge in [0.15, 0.2) is 23.3 Å². The van der Waals surface area contributed by atoms with Crippen LogP contribution in [0.15, 0.2) is 0 Å². The number of aliphatic hydroxyl groups is 1. The summed E-state index contributed by atoms with van der Waals surface area (Å²) < 4.78 is 66.8. The first-order valence-electron chi connectivity index (χ1n) is 6.36. The maximum atomic E-state index is 13.7. The van der Waals surface area contributed by atoms with Gasteiger partial charge in [-0.3, -0.25) is 0 Å². The van der Waals surface area contributed by atoms with Crippen LogP contribution in [0.1, 0.15) is 12.8 Å². The van der Waals surface area contributed by atoms with Gasteiger partial charge >= 0.3 is 0 Å². The first kappa shape index (κ1) is 13.6. The van der Waals surface area contributed by atoms with E-state index in [2.05, 4.69) is 0 Å². The molecule has 20 heavy (non-hydrogen) atoms. The molecule has 3 rings (SSSR count). The molecule has 1 aliphatic heterocycles. The van der Waals surface area contributed by atoms with Gasteiger partial charge in [-0.05, 0) is 18.8 Å². The van der Waals surface area contributed by atoms with Crippen LogP contribution >= 0.6 is 0 Å². The van der Waals surface area contributed by atoms with E-state index < -0.39 is 40.9 Å². The summed E-state index contributed by atoms with van der Waals surface area (Å²) in [5.74, 6) is -9.78. The Labute approximate surface area is 111 Å². The molecule has 1 aliphatic carbocycles. The van der Waals surface area contributed by atoms with E-state index >= 15 is 0 Å². The van der Waals surface area contributed by atoms with Crippen molar-refractivity contribution in [1.29, 1.82) is 0 Å². The van der Waals surface area contributed by atoms with E-state index in [1.54, 1.807) is 0 Å². The van der Waals surface area contributed by atoms with Gasteiger partial charge in [0.1, 0.15) is 5.69 Å². The molecule has 1 aromatic rings. The van der Waals surface area contributed by atoms with Crippen LogP contribution in [-0.4, -0.2) is 24.3 Å². The summed E-state index contributed by atoms with van der Waals surface area (Å²) in [6.45, 7) is 0.296. The lowest BCUT2D eigenvalue weighted by molar-refractivity contribution is 0.133. The monoisotopic (exact) mass is 293 g/mol. The summed E-state index contributed by atoms with van der Waals surface area (Å²) in [4.78, 5) is 1.15. The van der Waals surface area contributed by atoms with Crippen molar-refractivity contribution >= 4 is 5.69 Å². The highest BCUT2D eigenvalue weighted by Gasteiger charge is 2.44. The number of fused-ring (bicyclic) bond motifs is 1. The molecule has 1 N–H and O–H groups in total. The maximum Gasteiger partial charge on any atom is 0.200 e. The lowest BCUT2D eigenvalue weighted by Gasteiger charge is -2.22. The molecule has 0 spiro atoms. The van der Waals surface area contributed by atoms with Crippen molar-refractivity contribution in [2.45, 2.75) is 18.9 Å². The third-order valence-corrected chi connectivity index (χ3v) is 4.32. The zero-order valence-corrected chi connectivity index (χ0v) is 10.3. The molecule has 1 saturated heterocycles. The molecule has 0 bridgehead atoms. The average molecular weight is 293 g/mol. The minimum absolute atomic E-state index is 0.0278. The minimum atomic E-state index is -2.15. The van der Waals surface area contributed by atoms with Gasteiger partial charge in [0.25, 0.3) is 0 Å². The van der Waals surface area contributed by atoms with Gasteiger partial charge in [-0.1, -0.05) is 0 Å². The zero-order chi connectivity index (χ0) is 14.6. The first-order chi connectivity index (χ1) is 9.41. The van der Waals surface area contributed by atoms with Crippen molar-refractivity contribution in [3.8, 4) is 0 Å². The highest BCUT2D eigenvalue weighted by atomic mass is 19.2. The van der Waals surface area contributed by atoms with Gasteiger partial charge < -0.3 is 10.0 Å². The molecular weight excluding hydrogens is 281 g/mol. The number of benzene rings is 1. The Morgan fingerprint density at radius 1 is 0.800 bits per heavy atom. The van der Waals surface area contributed by atoms with Crippen LogP contribution in [0.25, 0.3) is 0 Å². The Bertz CT molecular complexity index is 535. The Morgan fingerprint density at radius 2 is 1.35 bits per heavy atom. The molecule has 0 amide bonds. The first-order valence-corrected chi connectivity index (χ1v) is 6.36. The van der Waals surface area contributed by atoms with E-state index in [9.17, 15) is 27.1 Å². The number of halogens is 5. The minimum Gasteiger partial charge on any atom is -0.393 e. The average Bonchev–Trinajstić information content (AvgIpc) is 2.97. The predicted molar refractivity (Wildman–Crippen MR) is 60.7 cm³/mol. The van der Waals surface area contributed by atoms with E-state index in [1.807, 2.05) is 0 Å². The van der Waals surface area contributed by atoms with E-state index in [-0.39, 0.29) is 24.9 Å². The molecule has 2 fully saturated rings. The SMILES string of the molecule is OC1CCC2CN(c3c(F)c(F)c(F)c(F)c3F)CC12. The molecule has 3 unspecified atom stereocenters. The number of anilines is 1. The van der Waals surface area contributed by atoms with Crippen LogP contribution in [0.2, 0.25) is 0 Å². The summed E-state index contributed by atoms with van der Waals surface area (Å²) in [6.07, 6.45) is 0.726. The smallest absolute Gasteiger partial charge is 0.200 e. The molecular formula is C13H12F5NO. The number of nitrogens with zero attached hydrogens (tertiary/aromatic N) is 1. The van der Waals surface area contributed by atoms with Crippen LogP contribution in [-0.2, 0) is 0 Å². The standard InChI is InChI=1S/C13H12F5NO/c14-8-9(15)11(17)13(12(18)10(8)16)19-3-5-1-2-7(20)6(5)4-19/h5-7,20H,1-4H2. The quantitative estimate of drug-likeness (QED) is 0.489. The molecule has 3 atom stereocenters. The number of rotatable bonds is 1. The van der Waals surface area contributed by atoms with E-state index in [0.29, 0.717) is 12.8 Å². The van der Waals surface area contributed by atoms with Gasteiger partial charge in [0.2, 0.25) is 5.82 Å². The van der Waals surface area contributed by atoms with E-state index in [4.69, 9.17) is 0 Å². The summed E-state index contributed by atoms with van der Waals surface area (Å²) in [5.41, 5.74) is -0.886. The van der Waals surface area contributed by atoms with Crippen molar-refractivity contribution < 1.29 is 27.1 Å². The van der Waals surface area contributed by atoms with Crippen LogP contribution < -0.4 is 4.90 Å². The van der Waals surface area contributed by atoms with Gasteiger partial charge in [-0.2, -0.15) is 0 Å².